The van der Waals surface area contributed by atoms with Crippen molar-refractivity contribution in [3.8, 4) is 11.5 Å². The van der Waals surface area contributed by atoms with Gasteiger partial charge in [-0.2, -0.15) is 0 Å². The molecule has 29 heavy (non-hydrogen) atoms. The molecule has 0 fully saturated rings. The molecular formula is C26H20I2O. The van der Waals surface area contributed by atoms with E-state index in [4.69, 9.17) is 4.74 Å². The highest BCUT2D eigenvalue weighted by Crippen LogP contribution is 2.34. The lowest BCUT2D eigenvalue weighted by Gasteiger charge is -2.17. The van der Waals surface area contributed by atoms with Crippen LogP contribution in [0, 0.1) is 7.14 Å². The second-order valence-corrected chi connectivity index (χ2v) is 9.18. The molecule has 0 radical (unpaired) electrons. The summed E-state index contributed by atoms with van der Waals surface area (Å²) < 4.78 is 8.98. The largest absolute Gasteiger partial charge is 0.457 e. The highest BCUT2D eigenvalue weighted by molar-refractivity contribution is 14.1. The minimum absolute atomic E-state index is 0.854. The van der Waals surface area contributed by atoms with Gasteiger partial charge in [-0.25, -0.2) is 0 Å². The maximum atomic E-state index is 6.54. The van der Waals surface area contributed by atoms with Crippen LogP contribution in [0.1, 0.15) is 22.3 Å². The fourth-order valence-electron chi connectivity index (χ4n) is 3.33. The summed E-state index contributed by atoms with van der Waals surface area (Å²) >= 11 is 4.82. The van der Waals surface area contributed by atoms with Crippen molar-refractivity contribution in [2.45, 2.75) is 12.8 Å². The van der Waals surface area contributed by atoms with Crippen molar-refractivity contribution in [3.05, 3.63) is 126 Å². The van der Waals surface area contributed by atoms with E-state index in [9.17, 15) is 0 Å². The Kier molecular flexibility index (Phi) is 6.87. The Hall–Kier alpha value is -1.86. The van der Waals surface area contributed by atoms with Gasteiger partial charge in [0.2, 0.25) is 0 Å². The van der Waals surface area contributed by atoms with Crippen LogP contribution in [0.5, 0.6) is 11.5 Å². The van der Waals surface area contributed by atoms with Gasteiger partial charge >= 0.3 is 0 Å². The van der Waals surface area contributed by atoms with Gasteiger partial charge in [-0.05, 0) is 80.6 Å². The molecule has 0 aromatic heterocycles. The third kappa shape index (κ3) is 5.20. The first-order valence-corrected chi connectivity index (χ1v) is 11.7. The van der Waals surface area contributed by atoms with Gasteiger partial charge in [0, 0.05) is 31.1 Å². The second-order valence-electron chi connectivity index (χ2n) is 6.86. The van der Waals surface area contributed by atoms with E-state index in [1.54, 1.807) is 0 Å². The van der Waals surface area contributed by atoms with E-state index in [2.05, 4.69) is 142 Å². The molecule has 0 amide bonds. The second kappa shape index (κ2) is 9.76. The van der Waals surface area contributed by atoms with Gasteiger partial charge in [-0.3, -0.25) is 0 Å². The van der Waals surface area contributed by atoms with Crippen LogP contribution in [0.2, 0.25) is 0 Å². The topological polar surface area (TPSA) is 9.23 Å². The molecule has 0 aliphatic heterocycles. The van der Waals surface area contributed by atoms with Crippen molar-refractivity contribution in [3.63, 3.8) is 0 Å². The van der Waals surface area contributed by atoms with Crippen LogP contribution < -0.4 is 4.74 Å². The van der Waals surface area contributed by atoms with E-state index in [1.165, 1.54) is 29.4 Å². The third-order valence-electron chi connectivity index (χ3n) is 4.82. The monoisotopic (exact) mass is 602 g/mol. The summed E-state index contributed by atoms with van der Waals surface area (Å²) in [5.41, 5.74) is 5.02. The molecule has 0 heterocycles. The van der Waals surface area contributed by atoms with Gasteiger partial charge < -0.3 is 4.74 Å². The summed E-state index contributed by atoms with van der Waals surface area (Å²) in [6.45, 7) is 0. The lowest BCUT2D eigenvalue weighted by atomic mass is 10.0. The maximum absolute atomic E-state index is 6.54. The van der Waals surface area contributed by atoms with Gasteiger partial charge in [0.15, 0.2) is 0 Å². The predicted molar refractivity (Wildman–Crippen MR) is 137 cm³/mol. The molecule has 4 aromatic carbocycles. The molecule has 0 saturated heterocycles. The van der Waals surface area contributed by atoms with Crippen molar-refractivity contribution in [2.24, 2.45) is 0 Å². The molecule has 0 N–H and O–H groups in total. The van der Waals surface area contributed by atoms with Crippen LogP contribution in [0.25, 0.3) is 0 Å². The number of hydrogen-bond acceptors (Lipinski definition) is 1. The van der Waals surface area contributed by atoms with E-state index in [1.807, 2.05) is 0 Å². The summed E-state index contributed by atoms with van der Waals surface area (Å²) in [7, 11) is 0. The van der Waals surface area contributed by atoms with Crippen LogP contribution in [-0.2, 0) is 12.8 Å². The van der Waals surface area contributed by atoms with E-state index in [0.717, 1.165) is 24.3 Å². The molecule has 4 rings (SSSR count). The highest BCUT2D eigenvalue weighted by atomic mass is 127. The van der Waals surface area contributed by atoms with Gasteiger partial charge in [0.1, 0.15) is 11.5 Å². The first-order valence-electron chi connectivity index (χ1n) is 9.51. The molecular weight excluding hydrogens is 582 g/mol. The summed E-state index contributed by atoms with van der Waals surface area (Å²) in [5.74, 6) is 1.86. The van der Waals surface area contributed by atoms with Gasteiger partial charge in [-0.1, -0.05) is 72.8 Å². The van der Waals surface area contributed by atoms with Gasteiger partial charge in [0.05, 0.1) is 0 Å². The Labute approximate surface area is 199 Å². The quantitative estimate of drug-likeness (QED) is 0.204. The molecule has 0 aliphatic rings. The standard InChI is InChI=1S/C26H20I2O/c27-23-13-7-15-25(21(23)17-19-9-3-1-4-10-19)29-26-16-8-14-24(28)22(26)18-20-11-5-2-6-12-20/h1-16H,17-18H2. The van der Waals surface area contributed by atoms with Crippen LogP contribution in [0.4, 0.5) is 0 Å². The molecule has 144 valence electrons. The Morgan fingerprint density at radius 3 is 1.31 bits per heavy atom. The van der Waals surface area contributed by atoms with Crippen LogP contribution in [0.3, 0.4) is 0 Å². The normalized spacial score (nSPS) is 10.7. The van der Waals surface area contributed by atoms with Crippen molar-refractivity contribution in [2.75, 3.05) is 0 Å². The molecule has 4 aromatic rings. The SMILES string of the molecule is Ic1cccc(Oc2cccc(I)c2Cc2ccccc2)c1Cc1ccccc1. The predicted octanol–water partition coefficient (Wildman–Crippen LogP) is 7.87. The fraction of sp³-hybridized carbons (Fsp3) is 0.0769. The maximum Gasteiger partial charge on any atom is 0.132 e. The molecule has 0 bridgehead atoms. The smallest absolute Gasteiger partial charge is 0.132 e. The number of hydrogen-bond donors (Lipinski definition) is 0. The van der Waals surface area contributed by atoms with Crippen molar-refractivity contribution < 1.29 is 4.74 Å². The zero-order valence-corrected chi connectivity index (χ0v) is 20.1. The molecule has 0 unspecified atom stereocenters. The van der Waals surface area contributed by atoms with Crippen molar-refractivity contribution in [1.29, 1.82) is 0 Å². The van der Waals surface area contributed by atoms with Gasteiger partial charge in [-0.15, -0.1) is 0 Å². The molecule has 3 heteroatoms. The molecule has 0 saturated carbocycles. The Balaban J connectivity index is 1.68. The van der Waals surface area contributed by atoms with Gasteiger partial charge in [0.25, 0.3) is 0 Å². The average molecular weight is 602 g/mol. The molecule has 0 aliphatic carbocycles. The van der Waals surface area contributed by atoms with E-state index in [0.29, 0.717) is 0 Å². The first-order chi connectivity index (χ1) is 14.2. The van der Waals surface area contributed by atoms with Crippen molar-refractivity contribution >= 4 is 45.2 Å². The van der Waals surface area contributed by atoms with Crippen LogP contribution >= 0.6 is 45.2 Å². The van der Waals surface area contributed by atoms with Crippen LogP contribution in [-0.4, -0.2) is 0 Å². The summed E-state index contributed by atoms with van der Waals surface area (Å²) in [4.78, 5) is 0. The highest BCUT2D eigenvalue weighted by Gasteiger charge is 2.14. The zero-order valence-electron chi connectivity index (χ0n) is 15.8. The van der Waals surface area contributed by atoms with Crippen LogP contribution in [0.15, 0.2) is 97.1 Å². The number of halogens is 2. The Bertz CT molecular complexity index is 1000. The molecule has 0 atom stereocenters. The minimum Gasteiger partial charge on any atom is -0.457 e. The third-order valence-corrected chi connectivity index (χ3v) is 6.84. The lowest BCUT2D eigenvalue weighted by molar-refractivity contribution is 0.471. The molecule has 0 spiro atoms. The van der Waals surface area contributed by atoms with Crippen molar-refractivity contribution in [1.82, 2.24) is 0 Å². The number of ether oxygens (including phenoxy) is 1. The minimum atomic E-state index is 0.854. The number of benzene rings is 4. The Morgan fingerprint density at radius 1 is 0.483 bits per heavy atom. The Morgan fingerprint density at radius 2 is 0.897 bits per heavy atom. The average Bonchev–Trinajstić information content (AvgIpc) is 2.74. The summed E-state index contributed by atoms with van der Waals surface area (Å²) in [6.07, 6.45) is 1.71. The summed E-state index contributed by atoms with van der Waals surface area (Å²) in [6, 6.07) is 33.7. The summed E-state index contributed by atoms with van der Waals surface area (Å²) in [5, 5.41) is 0. The van der Waals surface area contributed by atoms with E-state index < -0.39 is 0 Å². The molecule has 1 nitrogen and oxygen atoms in total. The first kappa shape index (κ1) is 20.4. The van der Waals surface area contributed by atoms with E-state index in [-0.39, 0.29) is 0 Å². The lowest BCUT2D eigenvalue weighted by Crippen LogP contribution is -2.00. The fourth-order valence-corrected chi connectivity index (χ4v) is 4.66. The number of rotatable bonds is 6. The zero-order chi connectivity index (χ0) is 20.1. The van der Waals surface area contributed by atoms with E-state index >= 15 is 0 Å².